The molecule has 1 atom stereocenters. The van der Waals surface area contributed by atoms with Crippen molar-refractivity contribution >= 4 is 11.0 Å². The molecule has 1 aromatic carbocycles. The lowest BCUT2D eigenvalue weighted by atomic mass is 10.0. The lowest BCUT2D eigenvalue weighted by molar-refractivity contribution is 0.308. The quantitative estimate of drug-likeness (QED) is 0.313. The van der Waals surface area contributed by atoms with Crippen molar-refractivity contribution in [3.63, 3.8) is 0 Å². The van der Waals surface area contributed by atoms with E-state index in [1.807, 2.05) is 12.1 Å². The Morgan fingerprint density at radius 2 is 1.63 bits per heavy atom. The van der Waals surface area contributed by atoms with Gasteiger partial charge in [-0.2, -0.15) is 0 Å². The average Bonchev–Trinajstić information content (AvgIpc) is 3.12. The van der Waals surface area contributed by atoms with Crippen LogP contribution in [0.15, 0.2) is 71.2 Å². The third-order valence-electron chi connectivity index (χ3n) is 4.98. The molecule has 0 amide bonds. The number of allylic oxidation sites excluding steroid dienone is 4. The van der Waals surface area contributed by atoms with Gasteiger partial charge in [0, 0.05) is 17.4 Å². The van der Waals surface area contributed by atoms with Gasteiger partial charge >= 0.3 is 0 Å². The number of ether oxygens (including phenoxy) is 2. The third-order valence-corrected chi connectivity index (χ3v) is 4.98. The first-order valence-electron chi connectivity index (χ1n) is 10.8. The number of fused-ring (bicyclic) bond motifs is 1. The van der Waals surface area contributed by atoms with Crippen molar-refractivity contribution in [3.05, 3.63) is 72.6 Å². The number of furan rings is 1. The van der Waals surface area contributed by atoms with Crippen LogP contribution in [-0.2, 0) is 0 Å². The smallest absolute Gasteiger partial charge is 0.165 e. The van der Waals surface area contributed by atoms with E-state index in [2.05, 4.69) is 59.1 Å². The molecule has 2 aromatic rings. The highest BCUT2D eigenvalue weighted by molar-refractivity contribution is 5.82. The van der Waals surface area contributed by atoms with Crippen LogP contribution in [0, 0.1) is 0 Å². The van der Waals surface area contributed by atoms with Gasteiger partial charge in [0.1, 0.15) is 24.6 Å². The maximum absolute atomic E-state index is 6.15. The molecular weight excluding hydrogens is 372 g/mol. The van der Waals surface area contributed by atoms with E-state index in [9.17, 15) is 0 Å². The summed E-state index contributed by atoms with van der Waals surface area (Å²) in [7, 11) is 0. The molecule has 30 heavy (non-hydrogen) atoms. The second kappa shape index (κ2) is 12.1. The van der Waals surface area contributed by atoms with Crippen LogP contribution in [0.1, 0.15) is 65.1 Å². The van der Waals surface area contributed by atoms with Crippen molar-refractivity contribution in [2.75, 3.05) is 13.2 Å². The fourth-order valence-electron chi connectivity index (χ4n) is 3.25. The van der Waals surface area contributed by atoms with Crippen LogP contribution in [-0.4, -0.2) is 13.2 Å². The lowest BCUT2D eigenvalue weighted by Gasteiger charge is -2.10. The highest BCUT2D eigenvalue weighted by Gasteiger charge is 2.15. The van der Waals surface area contributed by atoms with Crippen molar-refractivity contribution in [1.29, 1.82) is 0 Å². The van der Waals surface area contributed by atoms with Gasteiger partial charge in [0.25, 0.3) is 0 Å². The Labute approximate surface area is 181 Å². The van der Waals surface area contributed by atoms with Gasteiger partial charge in [-0.1, -0.05) is 55.5 Å². The Kier molecular flexibility index (Phi) is 9.53. The lowest BCUT2D eigenvalue weighted by Crippen LogP contribution is -1.99. The van der Waals surface area contributed by atoms with E-state index in [0.29, 0.717) is 30.6 Å². The van der Waals surface area contributed by atoms with E-state index >= 15 is 0 Å². The molecule has 0 N–H and O–H groups in total. The standard InChI is InChI=1S/C27H36O3/c1-7-15-28-26-18-23-17-24(30-25(23)19-27(26)29-16-8-2)22(6)14-10-13-21(5)12-9-11-20(3)4/h7-8,11,13,17-19,22H,1-2,9-10,12,14-16H2,3-6H3/b21-13+. The topological polar surface area (TPSA) is 31.6 Å². The van der Waals surface area contributed by atoms with E-state index in [0.717, 1.165) is 42.4 Å². The molecule has 0 bridgehead atoms. The summed E-state index contributed by atoms with van der Waals surface area (Å²) in [5.41, 5.74) is 3.66. The number of hydrogen-bond donors (Lipinski definition) is 0. The zero-order valence-electron chi connectivity index (χ0n) is 19.0. The van der Waals surface area contributed by atoms with Crippen molar-refractivity contribution in [2.45, 2.75) is 59.3 Å². The van der Waals surface area contributed by atoms with Crippen LogP contribution in [0.2, 0.25) is 0 Å². The molecule has 3 heteroatoms. The normalized spacial score (nSPS) is 12.5. The first-order chi connectivity index (χ1) is 14.4. The van der Waals surface area contributed by atoms with Crippen LogP contribution in [0.4, 0.5) is 0 Å². The predicted octanol–water partition coefficient (Wildman–Crippen LogP) is 8.14. The van der Waals surface area contributed by atoms with Gasteiger partial charge in [-0.3, -0.25) is 0 Å². The van der Waals surface area contributed by atoms with Crippen LogP contribution >= 0.6 is 0 Å². The molecule has 162 valence electrons. The number of hydrogen-bond acceptors (Lipinski definition) is 3. The van der Waals surface area contributed by atoms with Gasteiger partial charge < -0.3 is 13.9 Å². The molecule has 0 radical (unpaired) electrons. The van der Waals surface area contributed by atoms with E-state index in [1.54, 1.807) is 12.2 Å². The first kappa shape index (κ1) is 23.6. The van der Waals surface area contributed by atoms with Crippen LogP contribution < -0.4 is 9.47 Å². The molecule has 0 aliphatic rings. The van der Waals surface area contributed by atoms with Crippen molar-refractivity contribution in [1.82, 2.24) is 0 Å². The van der Waals surface area contributed by atoms with Crippen molar-refractivity contribution < 1.29 is 13.9 Å². The fourth-order valence-corrected chi connectivity index (χ4v) is 3.25. The molecule has 0 saturated carbocycles. The summed E-state index contributed by atoms with van der Waals surface area (Å²) in [5.74, 6) is 2.69. The summed E-state index contributed by atoms with van der Waals surface area (Å²) in [6.07, 6.45) is 12.5. The Hall–Kier alpha value is -2.68. The third kappa shape index (κ3) is 7.29. The van der Waals surface area contributed by atoms with Gasteiger partial charge in [-0.25, -0.2) is 0 Å². The monoisotopic (exact) mass is 408 g/mol. The van der Waals surface area contributed by atoms with Gasteiger partial charge in [0.15, 0.2) is 11.5 Å². The van der Waals surface area contributed by atoms with Gasteiger partial charge in [0.05, 0.1) is 0 Å². The van der Waals surface area contributed by atoms with E-state index in [4.69, 9.17) is 13.9 Å². The summed E-state index contributed by atoms with van der Waals surface area (Å²) < 4.78 is 17.7. The average molecular weight is 409 g/mol. The number of benzene rings is 1. The molecule has 0 aliphatic heterocycles. The molecule has 0 fully saturated rings. The minimum absolute atomic E-state index is 0.342. The Morgan fingerprint density at radius 3 is 2.27 bits per heavy atom. The Morgan fingerprint density at radius 1 is 0.967 bits per heavy atom. The Bertz CT molecular complexity index is 845. The van der Waals surface area contributed by atoms with Gasteiger partial charge in [-0.15, -0.1) is 0 Å². The fraction of sp³-hybridized carbons (Fsp3) is 0.407. The second-order valence-electron chi connectivity index (χ2n) is 8.03. The highest BCUT2D eigenvalue weighted by atomic mass is 16.5. The zero-order valence-corrected chi connectivity index (χ0v) is 19.0. The molecular formula is C27H36O3. The molecule has 0 saturated heterocycles. The minimum Gasteiger partial charge on any atom is -0.486 e. The minimum atomic E-state index is 0.342. The molecule has 2 rings (SSSR count). The van der Waals surface area contributed by atoms with Crippen molar-refractivity contribution in [2.24, 2.45) is 0 Å². The van der Waals surface area contributed by atoms with E-state index in [1.165, 1.54) is 11.1 Å². The number of rotatable bonds is 13. The molecule has 1 unspecified atom stereocenters. The largest absolute Gasteiger partial charge is 0.486 e. The van der Waals surface area contributed by atoms with E-state index < -0.39 is 0 Å². The zero-order chi connectivity index (χ0) is 21.9. The highest BCUT2D eigenvalue weighted by Crippen LogP contribution is 2.36. The van der Waals surface area contributed by atoms with Crippen LogP contribution in [0.25, 0.3) is 11.0 Å². The molecule has 0 aliphatic carbocycles. The van der Waals surface area contributed by atoms with Gasteiger partial charge in [-0.05, 0) is 58.6 Å². The summed E-state index contributed by atoms with van der Waals surface area (Å²) in [5, 5.41) is 1.02. The van der Waals surface area contributed by atoms with Crippen LogP contribution in [0.5, 0.6) is 11.5 Å². The summed E-state index contributed by atoms with van der Waals surface area (Å²) in [6.45, 7) is 17.0. The summed E-state index contributed by atoms with van der Waals surface area (Å²) in [6, 6.07) is 5.99. The molecule has 1 aromatic heterocycles. The maximum Gasteiger partial charge on any atom is 0.165 e. The Balaban J connectivity index is 2.06. The predicted molar refractivity (Wildman–Crippen MR) is 128 cm³/mol. The molecule has 0 spiro atoms. The van der Waals surface area contributed by atoms with E-state index in [-0.39, 0.29) is 0 Å². The SMILES string of the molecule is C=CCOc1cc2cc(C(C)CC/C=C(\C)CCC=C(C)C)oc2cc1OCC=C. The maximum atomic E-state index is 6.15. The van der Waals surface area contributed by atoms with Crippen molar-refractivity contribution in [3.8, 4) is 11.5 Å². The molecule has 3 nitrogen and oxygen atoms in total. The summed E-state index contributed by atoms with van der Waals surface area (Å²) in [4.78, 5) is 0. The van der Waals surface area contributed by atoms with Crippen LogP contribution in [0.3, 0.4) is 0 Å². The summed E-state index contributed by atoms with van der Waals surface area (Å²) >= 11 is 0. The molecule has 1 heterocycles. The first-order valence-corrected chi connectivity index (χ1v) is 10.8. The van der Waals surface area contributed by atoms with Gasteiger partial charge in [0.2, 0.25) is 0 Å². The second-order valence-corrected chi connectivity index (χ2v) is 8.03.